The van der Waals surface area contributed by atoms with E-state index in [-0.39, 0.29) is 30.0 Å². The molecule has 2 aromatic rings. The van der Waals surface area contributed by atoms with Gasteiger partial charge in [-0.3, -0.25) is 4.79 Å². The second kappa shape index (κ2) is 7.22. The van der Waals surface area contributed by atoms with E-state index in [0.29, 0.717) is 11.3 Å². The Kier molecular flexibility index (Phi) is 5.03. The highest BCUT2D eigenvalue weighted by Crippen LogP contribution is 2.58. The molecule has 2 fully saturated rings. The Morgan fingerprint density at radius 1 is 1.19 bits per heavy atom. The van der Waals surface area contributed by atoms with Crippen LogP contribution in [0.4, 0.5) is 13.2 Å². The molecule has 1 aromatic carbocycles. The first-order chi connectivity index (χ1) is 14.4. The first kappa shape index (κ1) is 21.6. The number of sulfonamides is 1. The van der Waals surface area contributed by atoms with Crippen molar-refractivity contribution in [2.75, 3.05) is 0 Å². The lowest BCUT2D eigenvalue weighted by molar-refractivity contribution is -0.148. The van der Waals surface area contributed by atoms with Crippen LogP contribution in [0.3, 0.4) is 0 Å². The molecule has 2 aliphatic carbocycles. The quantitative estimate of drug-likeness (QED) is 0.718. The third-order valence-corrected chi connectivity index (χ3v) is 6.80. The smallest absolute Gasteiger partial charge is 0.392 e. The third kappa shape index (κ3) is 4.39. The Balaban J connectivity index is 1.55. The van der Waals surface area contributed by atoms with Crippen molar-refractivity contribution in [1.29, 1.82) is 0 Å². The maximum absolute atomic E-state index is 13.1. The number of benzene rings is 1. The fraction of sp³-hybridized carbons (Fsp3) is 0.429. The predicted octanol–water partition coefficient (Wildman–Crippen LogP) is 3.78. The number of nitrogens with one attached hydrogen (secondary N) is 1. The second-order valence-corrected chi connectivity index (χ2v) is 9.81. The number of alkyl halides is 3. The van der Waals surface area contributed by atoms with Gasteiger partial charge in [0.05, 0.1) is 5.92 Å². The molecule has 2 saturated carbocycles. The molecule has 1 aromatic heterocycles. The summed E-state index contributed by atoms with van der Waals surface area (Å²) in [6.45, 7) is 3.38. The van der Waals surface area contributed by atoms with E-state index in [1.807, 2.05) is 4.72 Å². The molecule has 166 valence electrons. The van der Waals surface area contributed by atoms with Gasteiger partial charge in [0.15, 0.2) is 10.6 Å². The summed E-state index contributed by atoms with van der Waals surface area (Å²) in [4.78, 5) is 16.7. The van der Waals surface area contributed by atoms with E-state index >= 15 is 0 Å². The molecule has 2 atom stereocenters. The van der Waals surface area contributed by atoms with Gasteiger partial charge in [-0.05, 0) is 55.5 Å². The van der Waals surface area contributed by atoms with E-state index < -0.39 is 39.5 Å². The fourth-order valence-electron chi connectivity index (χ4n) is 3.57. The van der Waals surface area contributed by atoms with Gasteiger partial charge in [0.2, 0.25) is 0 Å². The lowest BCUT2D eigenvalue weighted by atomic mass is 10.0. The number of aromatic nitrogens is 1. The number of carbonyl (C=O) groups is 1. The van der Waals surface area contributed by atoms with Crippen LogP contribution in [0.1, 0.15) is 42.0 Å². The number of halogens is 3. The van der Waals surface area contributed by atoms with Crippen LogP contribution in [0.15, 0.2) is 41.4 Å². The zero-order valence-electron chi connectivity index (χ0n) is 16.9. The van der Waals surface area contributed by atoms with Gasteiger partial charge < -0.3 is 4.74 Å². The number of aryl methyl sites for hydroxylation is 2. The zero-order valence-corrected chi connectivity index (χ0v) is 17.7. The molecule has 1 heterocycles. The molecular formula is C21H21F3N2O4S. The fourth-order valence-corrected chi connectivity index (χ4v) is 4.63. The number of hydrogen-bond donors (Lipinski definition) is 1. The number of nitrogens with zero attached hydrogens (tertiary/aromatic N) is 1. The van der Waals surface area contributed by atoms with Gasteiger partial charge in [-0.15, -0.1) is 0 Å². The molecule has 0 unspecified atom stereocenters. The van der Waals surface area contributed by atoms with E-state index in [2.05, 4.69) is 4.98 Å². The first-order valence-corrected chi connectivity index (χ1v) is 11.3. The van der Waals surface area contributed by atoms with Crippen molar-refractivity contribution in [3.8, 4) is 5.75 Å². The topological polar surface area (TPSA) is 85.4 Å². The Morgan fingerprint density at radius 3 is 2.48 bits per heavy atom. The number of ether oxygens (including phenoxy) is 1. The summed E-state index contributed by atoms with van der Waals surface area (Å²) in [5, 5.41) is -0.293. The molecule has 0 aliphatic heterocycles. The van der Waals surface area contributed by atoms with Gasteiger partial charge in [-0.2, -0.15) is 21.6 Å². The number of rotatable bonds is 6. The van der Waals surface area contributed by atoms with Crippen molar-refractivity contribution in [3.05, 3.63) is 53.2 Å². The van der Waals surface area contributed by atoms with Gasteiger partial charge in [0, 0.05) is 18.5 Å². The Morgan fingerprint density at radius 2 is 1.90 bits per heavy atom. The number of carbonyl (C=O) groups excluding carboxylic acids is 1. The van der Waals surface area contributed by atoms with Crippen LogP contribution >= 0.6 is 0 Å². The lowest BCUT2D eigenvalue weighted by Crippen LogP contribution is -2.43. The molecule has 2 aliphatic rings. The van der Waals surface area contributed by atoms with Crippen LogP contribution in [0.2, 0.25) is 0 Å². The second-order valence-electron chi connectivity index (χ2n) is 8.18. The molecule has 0 saturated heterocycles. The predicted molar refractivity (Wildman–Crippen MR) is 105 cm³/mol. The van der Waals surface area contributed by atoms with Gasteiger partial charge >= 0.3 is 6.18 Å². The van der Waals surface area contributed by atoms with Gasteiger partial charge in [0.1, 0.15) is 5.75 Å². The van der Waals surface area contributed by atoms with Crippen LogP contribution in [0.25, 0.3) is 0 Å². The lowest BCUT2D eigenvalue weighted by Gasteiger charge is -2.20. The minimum Gasteiger partial charge on any atom is -0.477 e. The van der Waals surface area contributed by atoms with Gasteiger partial charge in [-0.25, -0.2) is 9.71 Å². The summed E-state index contributed by atoms with van der Waals surface area (Å²) in [5.41, 5.74) is 0.189. The third-order valence-electron chi connectivity index (χ3n) is 5.57. The highest BCUT2D eigenvalue weighted by Gasteiger charge is 2.58. The average Bonchev–Trinajstić information content (AvgIpc) is 3.56. The van der Waals surface area contributed by atoms with Crippen LogP contribution in [-0.2, 0) is 14.8 Å². The summed E-state index contributed by atoms with van der Waals surface area (Å²) in [6, 6.07) is 9.27. The molecule has 0 radical (unpaired) electrons. The van der Waals surface area contributed by atoms with E-state index in [4.69, 9.17) is 4.74 Å². The van der Waals surface area contributed by atoms with E-state index in [0.717, 1.165) is 5.56 Å². The van der Waals surface area contributed by atoms with Crippen molar-refractivity contribution in [3.63, 3.8) is 0 Å². The van der Waals surface area contributed by atoms with Crippen molar-refractivity contribution < 1.29 is 31.1 Å². The highest BCUT2D eigenvalue weighted by atomic mass is 32.2. The van der Waals surface area contributed by atoms with Crippen molar-refractivity contribution in [1.82, 2.24) is 9.71 Å². The maximum Gasteiger partial charge on any atom is 0.392 e. The Labute approximate surface area is 177 Å². The van der Waals surface area contributed by atoms with Crippen LogP contribution in [-0.4, -0.2) is 31.1 Å². The molecule has 0 spiro atoms. The van der Waals surface area contributed by atoms with Crippen LogP contribution in [0.5, 0.6) is 5.75 Å². The van der Waals surface area contributed by atoms with Crippen molar-refractivity contribution >= 4 is 15.9 Å². The summed E-state index contributed by atoms with van der Waals surface area (Å²) in [7, 11) is -4.21. The average molecular weight is 454 g/mol. The van der Waals surface area contributed by atoms with Crippen molar-refractivity contribution in [2.24, 2.45) is 5.92 Å². The Bertz CT molecular complexity index is 1140. The summed E-state index contributed by atoms with van der Waals surface area (Å²) in [5.74, 6) is -2.83. The van der Waals surface area contributed by atoms with Gasteiger partial charge in [0.25, 0.3) is 15.9 Å². The summed E-state index contributed by atoms with van der Waals surface area (Å²) >= 11 is 0. The van der Waals surface area contributed by atoms with Gasteiger partial charge in [-0.1, -0.05) is 18.2 Å². The molecule has 0 bridgehead atoms. The van der Waals surface area contributed by atoms with Crippen LogP contribution in [0, 0.1) is 19.8 Å². The summed E-state index contributed by atoms with van der Waals surface area (Å²) < 4.78 is 72.2. The largest absolute Gasteiger partial charge is 0.477 e. The maximum atomic E-state index is 13.1. The normalized spacial score (nSPS) is 22.0. The zero-order chi connectivity index (χ0) is 22.6. The van der Waals surface area contributed by atoms with E-state index in [1.54, 1.807) is 38.1 Å². The van der Waals surface area contributed by atoms with Crippen LogP contribution < -0.4 is 9.46 Å². The minimum atomic E-state index is -4.30. The number of pyridine rings is 1. The molecular weight excluding hydrogens is 433 g/mol. The summed E-state index contributed by atoms with van der Waals surface area (Å²) in [6.07, 6.45) is -3.81. The monoisotopic (exact) mass is 454 g/mol. The van der Waals surface area contributed by atoms with Crippen molar-refractivity contribution in [2.45, 2.75) is 55.8 Å². The Hall–Kier alpha value is -2.62. The molecule has 1 N–H and O–H groups in total. The highest BCUT2D eigenvalue weighted by molar-refractivity contribution is 7.90. The number of amides is 1. The number of hydrogen-bond acceptors (Lipinski definition) is 5. The van der Waals surface area contributed by atoms with E-state index in [9.17, 15) is 26.4 Å². The first-order valence-electron chi connectivity index (χ1n) is 9.78. The molecule has 6 nitrogen and oxygen atoms in total. The standard InChI is InChI=1S/C21H21F3N2O4S/c1-12-6-7-14(15-11-16(15)21(22,23)24)17(10-12)30-20(8-9-20)19(27)26-31(28,29)18-5-3-4-13(2)25-18/h3-7,10,15-16H,8-9,11H2,1-2H3,(H,26,27)/t15-,16+/m0/s1. The molecule has 4 rings (SSSR count). The minimum absolute atomic E-state index is 0.0322. The SMILES string of the molecule is Cc1ccc([C@@H]2C[C@H]2C(F)(F)F)c(OC2(C(=O)NS(=O)(=O)c3cccc(C)n3)CC2)c1. The van der Waals surface area contributed by atoms with E-state index in [1.165, 1.54) is 12.1 Å². The molecule has 1 amide bonds. The molecule has 31 heavy (non-hydrogen) atoms. The molecule has 10 heteroatoms.